The molecule has 8 nitrogen and oxygen atoms in total. The number of imidazole rings is 1. The zero-order valence-electron chi connectivity index (χ0n) is 20.4. The molecule has 1 saturated heterocycles. The number of ether oxygens (including phenoxy) is 1. The number of hydrogen-bond donors (Lipinski definition) is 1. The second kappa shape index (κ2) is 8.81. The Balaban J connectivity index is 1.52. The Morgan fingerprint density at radius 2 is 1.91 bits per heavy atom. The Hall–Kier alpha value is -3.72. The number of nitrogens with zero attached hydrogens (tertiary/aromatic N) is 5. The molecule has 0 unspecified atom stereocenters. The van der Waals surface area contributed by atoms with E-state index in [0.717, 1.165) is 41.1 Å². The molecule has 0 atom stereocenters. The molecule has 182 valence electrons. The first-order valence-corrected chi connectivity index (χ1v) is 11.7. The van der Waals surface area contributed by atoms with E-state index in [1.807, 2.05) is 44.5 Å². The number of aryl methyl sites for hydroxylation is 1. The fourth-order valence-corrected chi connectivity index (χ4v) is 4.31. The highest BCUT2D eigenvalue weighted by molar-refractivity contribution is 6.05. The van der Waals surface area contributed by atoms with Crippen molar-refractivity contribution in [1.29, 1.82) is 0 Å². The number of rotatable bonds is 4. The lowest BCUT2D eigenvalue weighted by Gasteiger charge is -2.29. The largest absolute Gasteiger partial charge is 0.378 e. The summed E-state index contributed by atoms with van der Waals surface area (Å²) in [4.78, 5) is 19.8. The van der Waals surface area contributed by atoms with E-state index in [0.29, 0.717) is 18.9 Å². The minimum absolute atomic E-state index is 0.0206. The van der Waals surface area contributed by atoms with Crippen LogP contribution in [0.2, 0.25) is 0 Å². The van der Waals surface area contributed by atoms with Crippen molar-refractivity contribution < 1.29 is 13.9 Å². The van der Waals surface area contributed by atoms with Crippen LogP contribution >= 0.6 is 0 Å². The highest BCUT2D eigenvalue weighted by Gasteiger charge is 2.21. The van der Waals surface area contributed by atoms with E-state index >= 15 is 0 Å². The second-order valence-corrected chi connectivity index (χ2v) is 9.82. The van der Waals surface area contributed by atoms with Crippen molar-refractivity contribution >= 4 is 22.9 Å². The highest BCUT2D eigenvalue weighted by atomic mass is 19.1. The van der Waals surface area contributed by atoms with Crippen LogP contribution in [-0.2, 0) is 10.3 Å². The van der Waals surface area contributed by atoms with Crippen LogP contribution in [0.3, 0.4) is 0 Å². The van der Waals surface area contributed by atoms with Gasteiger partial charge >= 0.3 is 0 Å². The molecule has 1 N–H and O–H groups in total. The van der Waals surface area contributed by atoms with E-state index in [4.69, 9.17) is 4.74 Å². The SMILES string of the molecule is Cc1cc(F)c(C(=O)Nc2cnn(C(C)(C)C)c2)cc1-c1cc(N2CCOCC2)c2nccn2c1. The molecule has 1 amide bonds. The number of nitrogens with one attached hydrogen (secondary N) is 1. The summed E-state index contributed by atoms with van der Waals surface area (Å²) in [5.74, 6) is -1.08. The number of amides is 1. The summed E-state index contributed by atoms with van der Waals surface area (Å²) < 4.78 is 24.2. The molecule has 4 heterocycles. The molecule has 0 saturated carbocycles. The Bertz CT molecular complexity index is 1390. The van der Waals surface area contributed by atoms with Crippen LogP contribution in [0.5, 0.6) is 0 Å². The molecule has 0 bridgehead atoms. The third kappa shape index (κ3) is 4.51. The van der Waals surface area contributed by atoms with Crippen molar-refractivity contribution in [3.8, 4) is 11.1 Å². The standard InChI is InChI=1S/C26H29FN6O2/c1-17-11-22(27)21(25(34)30-19-14-29-33(16-19)26(2,3)4)13-20(17)18-12-23(31-7-9-35-10-8-31)24-28-5-6-32(24)15-18/h5-6,11-16H,7-10H2,1-4H3,(H,30,34). The van der Waals surface area contributed by atoms with Gasteiger partial charge in [0.25, 0.3) is 5.91 Å². The number of halogens is 1. The van der Waals surface area contributed by atoms with Gasteiger partial charge in [-0.15, -0.1) is 0 Å². The van der Waals surface area contributed by atoms with Crippen LogP contribution in [0.1, 0.15) is 36.7 Å². The average Bonchev–Trinajstić information content (AvgIpc) is 3.48. The van der Waals surface area contributed by atoms with Crippen molar-refractivity contribution in [2.75, 3.05) is 36.5 Å². The van der Waals surface area contributed by atoms with Gasteiger partial charge in [0.1, 0.15) is 5.82 Å². The van der Waals surface area contributed by atoms with E-state index in [9.17, 15) is 9.18 Å². The summed E-state index contributed by atoms with van der Waals surface area (Å²) >= 11 is 0. The van der Waals surface area contributed by atoms with Gasteiger partial charge in [0, 0.05) is 43.4 Å². The van der Waals surface area contributed by atoms with Gasteiger partial charge in [-0.1, -0.05) is 0 Å². The van der Waals surface area contributed by atoms with Gasteiger partial charge in [0.2, 0.25) is 0 Å². The molecule has 1 aliphatic heterocycles. The second-order valence-electron chi connectivity index (χ2n) is 9.82. The van der Waals surface area contributed by atoms with Gasteiger partial charge in [0.15, 0.2) is 5.65 Å². The molecule has 1 aliphatic rings. The van der Waals surface area contributed by atoms with Gasteiger partial charge < -0.3 is 19.4 Å². The lowest BCUT2D eigenvalue weighted by molar-refractivity contribution is 0.102. The van der Waals surface area contributed by atoms with E-state index in [1.165, 1.54) is 6.07 Å². The smallest absolute Gasteiger partial charge is 0.258 e. The third-order valence-corrected chi connectivity index (χ3v) is 6.22. The van der Waals surface area contributed by atoms with E-state index in [-0.39, 0.29) is 11.1 Å². The first-order chi connectivity index (χ1) is 16.7. The predicted octanol–water partition coefficient (Wildman–Crippen LogP) is 4.49. The van der Waals surface area contributed by atoms with Gasteiger partial charge in [0.05, 0.1) is 41.9 Å². The quantitative estimate of drug-likeness (QED) is 0.470. The van der Waals surface area contributed by atoms with Gasteiger partial charge in [-0.05, 0) is 57.0 Å². The van der Waals surface area contributed by atoms with E-state index < -0.39 is 11.7 Å². The Labute approximate surface area is 203 Å². The van der Waals surface area contributed by atoms with Crippen molar-refractivity contribution in [3.05, 3.63) is 66.1 Å². The first-order valence-electron chi connectivity index (χ1n) is 11.7. The molecule has 1 aromatic carbocycles. The maximum Gasteiger partial charge on any atom is 0.258 e. The van der Waals surface area contributed by atoms with Crippen molar-refractivity contribution in [2.24, 2.45) is 0 Å². The zero-order valence-corrected chi connectivity index (χ0v) is 20.4. The Morgan fingerprint density at radius 3 is 2.63 bits per heavy atom. The summed E-state index contributed by atoms with van der Waals surface area (Å²) in [5.41, 5.74) is 4.51. The minimum atomic E-state index is -0.566. The molecule has 3 aromatic heterocycles. The Kier molecular flexibility index (Phi) is 5.80. The van der Waals surface area contributed by atoms with Crippen LogP contribution < -0.4 is 10.2 Å². The van der Waals surface area contributed by atoms with Crippen molar-refractivity contribution in [2.45, 2.75) is 33.2 Å². The number of aromatic nitrogens is 4. The maximum atomic E-state index is 14.9. The molecule has 9 heteroatoms. The number of benzene rings is 1. The van der Waals surface area contributed by atoms with Crippen LogP contribution in [0, 0.1) is 12.7 Å². The van der Waals surface area contributed by atoms with Gasteiger partial charge in [-0.3, -0.25) is 9.48 Å². The fourth-order valence-electron chi connectivity index (χ4n) is 4.31. The Morgan fingerprint density at radius 1 is 1.14 bits per heavy atom. The van der Waals surface area contributed by atoms with Crippen LogP contribution in [0.4, 0.5) is 15.8 Å². The normalized spacial score (nSPS) is 14.5. The lowest BCUT2D eigenvalue weighted by Crippen LogP contribution is -2.36. The molecule has 5 rings (SSSR count). The summed E-state index contributed by atoms with van der Waals surface area (Å²) in [6.07, 6.45) is 8.92. The summed E-state index contributed by atoms with van der Waals surface area (Å²) in [6, 6.07) is 5.09. The number of pyridine rings is 1. The van der Waals surface area contributed by atoms with Crippen molar-refractivity contribution in [3.63, 3.8) is 0 Å². The summed E-state index contributed by atoms with van der Waals surface area (Å²) in [6.45, 7) is 10.7. The number of anilines is 2. The first kappa shape index (κ1) is 23.0. The van der Waals surface area contributed by atoms with Crippen LogP contribution in [0.15, 0.2) is 49.2 Å². The topological polar surface area (TPSA) is 76.7 Å². The molecule has 35 heavy (non-hydrogen) atoms. The monoisotopic (exact) mass is 476 g/mol. The maximum absolute atomic E-state index is 14.9. The summed E-state index contributed by atoms with van der Waals surface area (Å²) in [5, 5.41) is 7.08. The lowest BCUT2D eigenvalue weighted by atomic mass is 9.98. The molecule has 1 fully saturated rings. The number of fused-ring (bicyclic) bond motifs is 1. The summed E-state index contributed by atoms with van der Waals surface area (Å²) in [7, 11) is 0. The number of hydrogen-bond acceptors (Lipinski definition) is 5. The number of morpholine rings is 1. The molecule has 4 aromatic rings. The third-order valence-electron chi connectivity index (χ3n) is 6.22. The predicted molar refractivity (Wildman–Crippen MR) is 134 cm³/mol. The van der Waals surface area contributed by atoms with Crippen molar-refractivity contribution in [1.82, 2.24) is 19.2 Å². The number of carbonyl (C=O) groups is 1. The highest BCUT2D eigenvalue weighted by Crippen LogP contribution is 2.32. The molecule has 0 radical (unpaired) electrons. The number of carbonyl (C=O) groups excluding carboxylic acids is 1. The van der Waals surface area contributed by atoms with Crippen LogP contribution in [-0.4, -0.2) is 51.4 Å². The molecule has 0 spiro atoms. The van der Waals surface area contributed by atoms with E-state index in [2.05, 4.69) is 26.4 Å². The fraction of sp³-hybridized carbons (Fsp3) is 0.346. The average molecular weight is 477 g/mol. The van der Waals surface area contributed by atoms with E-state index in [1.54, 1.807) is 29.3 Å². The minimum Gasteiger partial charge on any atom is -0.378 e. The van der Waals surface area contributed by atoms with Crippen LogP contribution in [0.25, 0.3) is 16.8 Å². The zero-order chi connectivity index (χ0) is 24.7. The van der Waals surface area contributed by atoms with Gasteiger partial charge in [-0.2, -0.15) is 5.10 Å². The molecular formula is C26H29FN6O2. The molecular weight excluding hydrogens is 447 g/mol. The molecule has 0 aliphatic carbocycles. The van der Waals surface area contributed by atoms with Gasteiger partial charge in [-0.25, -0.2) is 9.37 Å².